The van der Waals surface area contributed by atoms with E-state index in [4.69, 9.17) is 0 Å². The van der Waals surface area contributed by atoms with Crippen LogP contribution in [0.1, 0.15) is 12.1 Å². The minimum atomic E-state index is -0.359. The van der Waals surface area contributed by atoms with E-state index < -0.39 is 0 Å². The second-order valence-corrected chi connectivity index (χ2v) is 4.36. The van der Waals surface area contributed by atoms with Crippen LogP contribution in [-0.2, 0) is 13.0 Å². The predicted molar refractivity (Wildman–Crippen MR) is 61.9 cm³/mol. The lowest BCUT2D eigenvalue weighted by molar-refractivity contribution is 0.132. The molecular weight excluding hydrogens is 219 g/mol. The molecule has 3 nitrogen and oxygen atoms in total. The van der Waals surface area contributed by atoms with Gasteiger partial charge in [-0.2, -0.15) is 0 Å². The highest BCUT2D eigenvalue weighted by molar-refractivity contribution is 5.57. The Balaban J connectivity index is 2.11. The van der Waals surface area contributed by atoms with Crippen LogP contribution >= 0.6 is 0 Å². The highest BCUT2D eigenvalue weighted by atomic mass is 19.1. The van der Waals surface area contributed by atoms with Gasteiger partial charge in [-0.3, -0.25) is 0 Å². The van der Waals surface area contributed by atoms with Crippen molar-refractivity contribution in [2.24, 2.45) is 0 Å². The average molecular weight is 232 g/mol. The van der Waals surface area contributed by atoms with Crippen LogP contribution in [0.3, 0.4) is 0 Å². The summed E-state index contributed by atoms with van der Waals surface area (Å²) in [5.41, 5.74) is 1.56. The summed E-state index contributed by atoms with van der Waals surface area (Å²) in [6, 6.07) is 6.59. The van der Waals surface area contributed by atoms with Crippen LogP contribution in [0, 0.1) is 5.82 Å². The van der Waals surface area contributed by atoms with E-state index in [0.717, 1.165) is 18.5 Å². The third-order valence-electron chi connectivity index (χ3n) is 3.18. The number of nitrogens with zero attached hydrogens (tertiary/aromatic N) is 2. The number of aliphatic hydroxyl groups excluding tert-OH is 1. The van der Waals surface area contributed by atoms with Gasteiger partial charge in [-0.05, 0) is 25.0 Å². The summed E-state index contributed by atoms with van der Waals surface area (Å²) in [4.78, 5) is 4.28. The SMILES string of the molecule is OC1CCc2cnc(-c3ccccc3F)n2C1. The molecule has 1 atom stereocenters. The Labute approximate surface area is 98.5 Å². The second kappa shape index (κ2) is 3.96. The summed E-state index contributed by atoms with van der Waals surface area (Å²) in [7, 11) is 0. The molecule has 1 aliphatic rings. The van der Waals surface area contributed by atoms with Crippen LogP contribution in [-0.4, -0.2) is 20.8 Å². The van der Waals surface area contributed by atoms with Crippen LogP contribution < -0.4 is 0 Å². The monoisotopic (exact) mass is 232 g/mol. The molecule has 2 heterocycles. The maximum absolute atomic E-state index is 13.7. The summed E-state index contributed by atoms with van der Waals surface area (Å²) in [6.45, 7) is 0.499. The van der Waals surface area contributed by atoms with Crippen LogP contribution in [0.15, 0.2) is 30.5 Å². The van der Waals surface area contributed by atoms with E-state index in [1.54, 1.807) is 24.4 Å². The molecule has 0 saturated heterocycles. The van der Waals surface area contributed by atoms with Crippen molar-refractivity contribution < 1.29 is 9.50 Å². The molecule has 0 saturated carbocycles. The van der Waals surface area contributed by atoms with Gasteiger partial charge < -0.3 is 9.67 Å². The fraction of sp³-hybridized carbons (Fsp3) is 0.308. The van der Waals surface area contributed by atoms with E-state index in [0.29, 0.717) is 17.9 Å². The number of hydrogen-bond acceptors (Lipinski definition) is 2. The number of fused-ring (bicyclic) bond motifs is 1. The Kier molecular flexibility index (Phi) is 2.44. The van der Waals surface area contributed by atoms with Crippen molar-refractivity contribution in [2.45, 2.75) is 25.5 Å². The van der Waals surface area contributed by atoms with Crippen LogP contribution in [0.25, 0.3) is 11.4 Å². The highest BCUT2D eigenvalue weighted by Crippen LogP contribution is 2.26. The van der Waals surface area contributed by atoms with Crippen molar-refractivity contribution >= 4 is 0 Å². The van der Waals surface area contributed by atoms with Crippen LogP contribution in [0.5, 0.6) is 0 Å². The smallest absolute Gasteiger partial charge is 0.143 e. The molecule has 88 valence electrons. The fourth-order valence-corrected chi connectivity index (χ4v) is 2.29. The zero-order chi connectivity index (χ0) is 11.8. The van der Waals surface area contributed by atoms with E-state index in [9.17, 15) is 9.50 Å². The molecule has 1 aliphatic heterocycles. The molecule has 3 rings (SSSR count). The van der Waals surface area contributed by atoms with Gasteiger partial charge in [0.25, 0.3) is 0 Å². The van der Waals surface area contributed by atoms with Crippen molar-refractivity contribution in [3.05, 3.63) is 42.0 Å². The molecule has 0 spiro atoms. The third kappa shape index (κ3) is 1.74. The Morgan fingerprint density at radius 3 is 3.00 bits per heavy atom. The van der Waals surface area contributed by atoms with Gasteiger partial charge in [-0.25, -0.2) is 9.37 Å². The second-order valence-electron chi connectivity index (χ2n) is 4.36. The van der Waals surface area contributed by atoms with Gasteiger partial charge >= 0.3 is 0 Å². The van der Waals surface area contributed by atoms with Crippen LogP contribution in [0.2, 0.25) is 0 Å². The Bertz CT molecular complexity index is 550. The molecule has 1 N–H and O–H groups in total. The van der Waals surface area contributed by atoms with Crippen LogP contribution in [0.4, 0.5) is 4.39 Å². The molecule has 1 unspecified atom stereocenters. The first-order chi connectivity index (χ1) is 8.25. The summed E-state index contributed by atoms with van der Waals surface area (Å²) >= 11 is 0. The number of benzene rings is 1. The number of hydrogen-bond donors (Lipinski definition) is 1. The van der Waals surface area contributed by atoms with Crippen molar-refractivity contribution in [1.29, 1.82) is 0 Å². The molecule has 0 fully saturated rings. The summed E-state index contributed by atoms with van der Waals surface area (Å²) < 4.78 is 15.6. The Morgan fingerprint density at radius 1 is 1.35 bits per heavy atom. The summed E-state index contributed by atoms with van der Waals surface area (Å²) in [5, 5.41) is 9.67. The maximum Gasteiger partial charge on any atom is 0.143 e. The fourth-order valence-electron chi connectivity index (χ4n) is 2.29. The highest BCUT2D eigenvalue weighted by Gasteiger charge is 2.21. The number of halogens is 1. The predicted octanol–water partition coefficient (Wildman–Crippen LogP) is 2.00. The standard InChI is InChI=1S/C13H13FN2O/c14-12-4-2-1-3-11(12)13-15-7-9-5-6-10(17)8-16(9)13/h1-4,7,10,17H,5-6,8H2. The quantitative estimate of drug-likeness (QED) is 0.816. The maximum atomic E-state index is 13.7. The van der Waals surface area contributed by atoms with Gasteiger partial charge in [0.05, 0.1) is 18.2 Å². The van der Waals surface area contributed by atoms with E-state index >= 15 is 0 Å². The normalized spacial score (nSPS) is 19.1. The molecule has 1 aromatic carbocycles. The lowest BCUT2D eigenvalue weighted by Gasteiger charge is -2.21. The van der Waals surface area contributed by atoms with Crippen molar-refractivity contribution in [3.63, 3.8) is 0 Å². The van der Waals surface area contributed by atoms with Gasteiger partial charge in [0.15, 0.2) is 0 Å². The molecule has 0 radical (unpaired) electrons. The lowest BCUT2D eigenvalue weighted by atomic mass is 10.1. The van der Waals surface area contributed by atoms with E-state index in [1.807, 2.05) is 4.57 Å². The number of imidazole rings is 1. The van der Waals surface area contributed by atoms with Gasteiger partial charge in [0, 0.05) is 11.9 Å². The topological polar surface area (TPSA) is 38.1 Å². The Morgan fingerprint density at radius 2 is 2.18 bits per heavy atom. The minimum absolute atomic E-state index is 0.277. The van der Waals surface area contributed by atoms with Crippen molar-refractivity contribution in [3.8, 4) is 11.4 Å². The summed E-state index contributed by atoms with van der Waals surface area (Å²) in [5.74, 6) is 0.331. The first-order valence-electron chi connectivity index (χ1n) is 5.73. The number of aryl methyl sites for hydroxylation is 1. The third-order valence-corrected chi connectivity index (χ3v) is 3.18. The minimum Gasteiger partial charge on any atom is -0.391 e. The summed E-state index contributed by atoms with van der Waals surface area (Å²) in [6.07, 6.45) is 2.96. The molecular formula is C13H13FN2O. The largest absolute Gasteiger partial charge is 0.391 e. The van der Waals surface area contributed by atoms with Gasteiger partial charge in [-0.1, -0.05) is 12.1 Å². The number of aromatic nitrogens is 2. The zero-order valence-corrected chi connectivity index (χ0v) is 9.31. The zero-order valence-electron chi connectivity index (χ0n) is 9.31. The molecule has 4 heteroatoms. The average Bonchev–Trinajstić information content (AvgIpc) is 2.72. The number of aliphatic hydroxyl groups is 1. The molecule has 2 aromatic rings. The van der Waals surface area contributed by atoms with Gasteiger partial charge in [-0.15, -0.1) is 0 Å². The van der Waals surface area contributed by atoms with E-state index in [2.05, 4.69) is 4.98 Å². The molecule has 0 bridgehead atoms. The Hall–Kier alpha value is -1.68. The van der Waals surface area contributed by atoms with E-state index in [-0.39, 0.29) is 11.9 Å². The van der Waals surface area contributed by atoms with E-state index in [1.165, 1.54) is 6.07 Å². The number of rotatable bonds is 1. The van der Waals surface area contributed by atoms with Crippen molar-refractivity contribution in [2.75, 3.05) is 0 Å². The van der Waals surface area contributed by atoms with Crippen molar-refractivity contribution in [1.82, 2.24) is 9.55 Å². The molecule has 0 amide bonds. The van der Waals surface area contributed by atoms with Gasteiger partial charge in [0.2, 0.25) is 0 Å². The first kappa shape index (κ1) is 10.5. The molecule has 17 heavy (non-hydrogen) atoms. The molecule has 0 aliphatic carbocycles. The first-order valence-corrected chi connectivity index (χ1v) is 5.73. The molecule has 1 aromatic heterocycles. The van der Waals surface area contributed by atoms with Gasteiger partial charge in [0.1, 0.15) is 11.6 Å². The lowest BCUT2D eigenvalue weighted by Crippen LogP contribution is -2.24.